The van der Waals surface area contributed by atoms with Gasteiger partial charge in [-0.3, -0.25) is 9.48 Å². The van der Waals surface area contributed by atoms with E-state index in [1.54, 1.807) is 0 Å². The van der Waals surface area contributed by atoms with E-state index in [0.29, 0.717) is 0 Å². The number of hydrogen-bond acceptors (Lipinski definition) is 1. The Kier molecular flexibility index (Phi) is 5.29. The Bertz CT molecular complexity index is 418. The molecular weight excluding hydrogens is 228 g/mol. The van der Waals surface area contributed by atoms with Crippen molar-refractivity contribution in [3.63, 3.8) is 0 Å². The van der Waals surface area contributed by atoms with E-state index < -0.39 is 0 Å². The quantitative estimate of drug-likeness (QED) is 0.461. The predicted molar refractivity (Wildman–Crippen MR) is 78.6 cm³/mol. The summed E-state index contributed by atoms with van der Waals surface area (Å²) in [4.78, 5) is 2.14. The molecule has 0 saturated carbocycles. The first kappa shape index (κ1) is 13.8. The Balaban J connectivity index is 2.80. The van der Waals surface area contributed by atoms with E-state index in [-0.39, 0.29) is 0 Å². The van der Waals surface area contributed by atoms with Crippen LogP contribution in [-0.4, -0.2) is 42.8 Å². The molecule has 1 rings (SSSR count). The topological polar surface area (TPSA) is 6.25 Å². The molecule has 0 aliphatic carbocycles. The monoisotopic (exact) mass is 249 g/mol. The van der Waals surface area contributed by atoms with Crippen molar-refractivity contribution in [2.75, 3.05) is 28.2 Å². The van der Waals surface area contributed by atoms with Crippen molar-refractivity contribution < 1.29 is 4.58 Å². The summed E-state index contributed by atoms with van der Waals surface area (Å²) in [5.74, 6) is 0.966. The lowest BCUT2D eigenvalue weighted by molar-refractivity contribution is -0.466. The Morgan fingerprint density at radius 3 is 2.53 bits per heavy atom. The fourth-order valence-corrected chi connectivity index (χ4v) is 2.73. The van der Waals surface area contributed by atoms with E-state index in [1.807, 2.05) is 23.9 Å². The molecule has 0 saturated heterocycles. The first-order chi connectivity index (χ1) is 8.06. The van der Waals surface area contributed by atoms with Gasteiger partial charge in [-0.05, 0) is 22.9 Å². The van der Waals surface area contributed by atoms with E-state index in [1.165, 1.54) is 16.3 Å². The van der Waals surface area contributed by atoms with E-state index in [0.717, 1.165) is 5.75 Å². The van der Waals surface area contributed by atoms with Crippen molar-refractivity contribution in [1.82, 2.24) is 4.90 Å². The molecule has 0 radical (unpaired) electrons. The highest BCUT2D eigenvalue weighted by atomic mass is 32.2. The van der Waals surface area contributed by atoms with Crippen LogP contribution in [0.5, 0.6) is 0 Å². The van der Waals surface area contributed by atoms with Gasteiger partial charge in [-0.15, -0.1) is 0 Å². The standard InChI is InChI=1S/C14H21N2S/c1-6-12-9-7-8-10-13(12)11-17-14(15(2)3)16(4)5/h6-10H,1,11H2,2-5H3/q+1. The second-order valence-corrected chi connectivity index (χ2v) is 5.21. The van der Waals surface area contributed by atoms with Gasteiger partial charge < -0.3 is 0 Å². The zero-order valence-electron chi connectivity index (χ0n) is 11.1. The first-order valence-electron chi connectivity index (χ1n) is 5.61. The van der Waals surface area contributed by atoms with Crippen molar-refractivity contribution in [3.05, 3.63) is 42.0 Å². The molecular formula is C14H21N2S+. The largest absolute Gasteiger partial charge is 0.307 e. The number of rotatable bonds is 3. The van der Waals surface area contributed by atoms with Gasteiger partial charge >= 0.3 is 5.17 Å². The molecule has 0 aliphatic rings. The van der Waals surface area contributed by atoms with Crippen LogP contribution >= 0.6 is 11.8 Å². The minimum absolute atomic E-state index is 0.966. The molecule has 0 aromatic heterocycles. The summed E-state index contributed by atoms with van der Waals surface area (Å²) in [5.41, 5.74) is 2.55. The van der Waals surface area contributed by atoms with Crippen LogP contribution in [0.25, 0.3) is 6.08 Å². The lowest BCUT2D eigenvalue weighted by Crippen LogP contribution is -2.26. The van der Waals surface area contributed by atoms with Crippen molar-refractivity contribution in [2.24, 2.45) is 0 Å². The Labute approximate surface area is 109 Å². The van der Waals surface area contributed by atoms with Crippen LogP contribution in [0.3, 0.4) is 0 Å². The van der Waals surface area contributed by atoms with Crippen LogP contribution in [-0.2, 0) is 5.75 Å². The van der Waals surface area contributed by atoms with Crippen molar-refractivity contribution >= 4 is 23.0 Å². The molecule has 1 aromatic carbocycles. The SMILES string of the molecule is C=Cc1ccccc1CSC(N(C)C)=[N+](C)C. The Morgan fingerprint density at radius 2 is 2.00 bits per heavy atom. The van der Waals surface area contributed by atoms with Gasteiger partial charge in [0.15, 0.2) is 0 Å². The number of hydrogen-bond donors (Lipinski definition) is 0. The predicted octanol–water partition coefficient (Wildman–Crippen LogP) is 2.75. The summed E-state index contributed by atoms with van der Waals surface area (Å²) >= 11 is 1.84. The van der Waals surface area contributed by atoms with Crippen LogP contribution in [0, 0.1) is 0 Å². The zero-order chi connectivity index (χ0) is 12.8. The molecule has 0 fully saturated rings. The lowest BCUT2D eigenvalue weighted by atomic mass is 10.1. The third-order valence-corrected chi connectivity index (χ3v) is 3.84. The highest BCUT2D eigenvalue weighted by Gasteiger charge is 2.13. The Morgan fingerprint density at radius 1 is 1.35 bits per heavy atom. The molecule has 0 bridgehead atoms. The summed E-state index contributed by atoms with van der Waals surface area (Å²) in [6, 6.07) is 8.39. The maximum Gasteiger partial charge on any atom is 0.307 e. The Hall–Kier alpha value is -1.22. The highest BCUT2D eigenvalue weighted by molar-refractivity contribution is 8.12. The van der Waals surface area contributed by atoms with Crippen LogP contribution in [0.15, 0.2) is 30.8 Å². The van der Waals surface area contributed by atoms with Crippen molar-refractivity contribution in [3.8, 4) is 0 Å². The smallest absolute Gasteiger partial charge is 0.262 e. The first-order valence-corrected chi connectivity index (χ1v) is 6.59. The minimum Gasteiger partial charge on any atom is -0.262 e. The van der Waals surface area contributed by atoms with Crippen LogP contribution in [0.2, 0.25) is 0 Å². The summed E-state index contributed by atoms with van der Waals surface area (Å²) < 4.78 is 2.14. The third kappa shape index (κ3) is 3.93. The highest BCUT2D eigenvalue weighted by Crippen LogP contribution is 2.19. The maximum absolute atomic E-state index is 3.85. The third-order valence-electron chi connectivity index (χ3n) is 2.40. The summed E-state index contributed by atoms with van der Waals surface area (Å²) in [5, 5.41) is 1.25. The summed E-state index contributed by atoms with van der Waals surface area (Å²) in [6.07, 6.45) is 1.92. The maximum atomic E-state index is 3.85. The second kappa shape index (κ2) is 6.50. The minimum atomic E-state index is 0.966. The van der Waals surface area contributed by atoms with Gasteiger partial charge in [-0.1, -0.05) is 36.9 Å². The molecule has 0 unspecified atom stereocenters. The van der Waals surface area contributed by atoms with E-state index in [2.05, 4.69) is 62.4 Å². The molecule has 0 atom stereocenters. The van der Waals surface area contributed by atoms with Gasteiger partial charge in [0.2, 0.25) is 0 Å². The van der Waals surface area contributed by atoms with Crippen LogP contribution < -0.4 is 0 Å². The summed E-state index contributed by atoms with van der Waals surface area (Å²) in [7, 11) is 8.28. The van der Waals surface area contributed by atoms with Crippen molar-refractivity contribution in [1.29, 1.82) is 0 Å². The lowest BCUT2D eigenvalue weighted by Gasteiger charge is -2.11. The average molecular weight is 249 g/mol. The van der Waals surface area contributed by atoms with E-state index in [4.69, 9.17) is 0 Å². The van der Waals surface area contributed by atoms with E-state index >= 15 is 0 Å². The van der Waals surface area contributed by atoms with Gasteiger partial charge in [0.05, 0.1) is 28.2 Å². The number of nitrogens with zero attached hydrogens (tertiary/aromatic N) is 2. The molecule has 0 heterocycles. The molecule has 17 heavy (non-hydrogen) atoms. The molecule has 92 valence electrons. The van der Waals surface area contributed by atoms with Gasteiger partial charge in [-0.2, -0.15) is 0 Å². The van der Waals surface area contributed by atoms with Crippen LogP contribution in [0.4, 0.5) is 0 Å². The second-order valence-electron chi connectivity index (χ2n) is 4.26. The molecule has 0 N–H and O–H groups in total. The fraction of sp³-hybridized carbons (Fsp3) is 0.357. The zero-order valence-corrected chi connectivity index (χ0v) is 11.9. The average Bonchev–Trinajstić information content (AvgIpc) is 2.29. The molecule has 1 aromatic rings. The van der Waals surface area contributed by atoms with Gasteiger partial charge in [0, 0.05) is 5.75 Å². The number of amidine groups is 1. The molecule has 3 heteroatoms. The van der Waals surface area contributed by atoms with Gasteiger partial charge in [0.1, 0.15) is 0 Å². The normalized spacial score (nSPS) is 9.88. The van der Waals surface area contributed by atoms with Gasteiger partial charge in [-0.25, -0.2) is 0 Å². The molecule has 0 aliphatic heterocycles. The molecule has 0 amide bonds. The fourth-order valence-electron chi connectivity index (χ4n) is 1.67. The molecule has 0 spiro atoms. The number of thioether (sulfide) groups is 1. The van der Waals surface area contributed by atoms with Gasteiger partial charge in [0.25, 0.3) is 0 Å². The summed E-state index contributed by atoms with van der Waals surface area (Å²) in [6.45, 7) is 3.85. The van der Waals surface area contributed by atoms with Crippen LogP contribution in [0.1, 0.15) is 11.1 Å². The number of benzene rings is 1. The molecule has 2 nitrogen and oxygen atoms in total. The van der Waals surface area contributed by atoms with E-state index in [9.17, 15) is 0 Å². The van der Waals surface area contributed by atoms with Crippen molar-refractivity contribution in [2.45, 2.75) is 5.75 Å².